The average molecular weight is 338 g/mol. The molecule has 0 aromatic carbocycles. The van der Waals surface area contributed by atoms with E-state index in [4.69, 9.17) is 10.7 Å². The van der Waals surface area contributed by atoms with Gasteiger partial charge in [0, 0.05) is 16.9 Å². The fraction of sp³-hybridized carbons (Fsp3) is 0.375. The maximum atomic E-state index is 12.6. The van der Waals surface area contributed by atoms with Gasteiger partial charge in [-0.15, -0.1) is 0 Å². The molecule has 1 rings (SSSR count). The van der Waals surface area contributed by atoms with Crippen molar-refractivity contribution in [2.45, 2.75) is 11.2 Å². The first-order valence-corrected chi connectivity index (χ1v) is 8.74. The highest BCUT2D eigenvalue weighted by atomic mass is 35.7. The molecule has 0 spiro atoms. The average Bonchev–Trinajstić information content (AvgIpc) is 2.25. The van der Waals surface area contributed by atoms with Crippen molar-refractivity contribution in [3.8, 4) is 0 Å². The van der Waals surface area contributed by atoms with Gasteiger partial charge in [0.1, 0.15) is 0 Å². The molecule has 5 nitrogen and oxygen atoms in total. The van der Waals surface area contributed by atoms with Crippen LogP contribution >= 0.6 is 10.7 Å². The van der Waals surface area contributed by atoms with E-state index in [0.717, 1.165) is 12.3 Å². The van der Waals surface area contributed by atoms with Crippen molar-refractivity contribution in [1.82, 2.24) is 4.98 Å². The number of hydrogen-bond donors (Lipinski definition) is 0. The molecule has 0 radical (unpaired) electrons. The number of alkyl halides is 3. The molecule has 0 aliphatic carbocycles. The number of nitrogens with zero attached hydrogens (tertiary/aromatic N) is 1. The van der Waals surface area contributed by atoms with Gasteiger partial charge < -0.3 is 0 Å². The molecule has 0 N–H and O–H groups in total. The second-order valence-corrected chi connectivity index (χ2v) is 8.34. The van der Waals surface area contributed by atoms with Crippen LogP contribution in [-0.4, -0.2) is 33.3 Å². The molecule has 1 heterocycles. The minimum atomic E-state index is -4.91. The lowest BCUT2D eigenvalue weighted by Gasteiger charge is -2.11. The van der Waals surface area contributed by atoms with Gasteiger partial charge in [-0.3, -0.25) is 0 Å². The van der Waals surface area contributed by atoms with E-state index in [-0.39, 0.29) is 0 Å². The third kappa shape index (κ3) is 4.62. The predicted octanol–water partition coefficient (Wildman–Crippen LogP) is 1.44. The summed E-state index contributed by atoms with van der Waals surface area (Å²) in [5.41, 5.74) is -1.44. The zero-order valence-corrected chi connectivity index (χ0v) is 11.4. The highest BCUT2D eigenvalue weighted by Gasteiger charge is 2.38. The maximum absolute atomic E-state index is 12.6. The smallest absolute Gasteiger partial charge is 0.244 e. The number of pyridine rings is 1. The van der Waals surface area contributed by atoms with Gasteiger partial charge in [0.05, 0.1) is 17.1 Å². The number of halogens is 4. The molecule has 1 aromatic rings. The van der Waals surface area contributed by atoms with E-state index in [2.05, 4.69) is 4.98 Å². The lowest BCUT2D eigenvalue weighted by molar-refractivity contribution is -0.140. The summed E-state index contributed by atoms with van der Waals surface area (Å²) in [4.78, 5) is 3.17. The van der Waals surface area contributed by atoms with E-state index in [1.54, 1.807) is 0 Å². The van der Waals surface area contributed by atoms with Gasteiger partial charge in [0.25, 0.3) is 0 Å². The lowest BCUT2D eigenvalue weighted by atomic mass is 10.3. The van der Waals surface area contributed by atoms with Crippen molar-refractivity contribution in [2.24, 2.45) is 0 Å². The Morgan fingerprint density at radius 3 is 2.21 bits per heavy atom. The van der Waals surface area contributed by atoms with Crippen molar-refractivity contribution in [3.05, 3.63) is 23.9 Å². The minimum Gasteiger partial charge on any atom is -0.244 e. The number of hydrogen-bond acceptors (Lipinski definition) is 5. The first-order chi connectivity index (χ1) is 8.43. The Bertz CT molecular complexity index is 669. The molecule has 0 unspecified atom stereocenters. The van der Waals surface area contributed by atoms with E-state index in [0.29, 0.717) is 6.07 Å². The quantitative estimate of drug-likeness (QED) is 0.777. The summed E-state index contributed by atoms with van der Waals surface area (Å²) in [6, 6.07) is 1.48. The third-order valence-corrected chi connectivity index (χ3v) is 5.04. The van der Waals surface area contributed by atoms with Crippen molar-refractivity contribution >= 4 is 29.6 Å². The Hall–Kier alpha value is -0.870. The summed E-state index contributed by atoms with van der Waals surface area (Å²) in [7, 11) is -3.81. The van der Waals surface area contributed by atoms with Gasteiger partial charge >= 0.3 is 6.18 Å². The Labute approximate surface area is 111 Å². The lowest BCUT2D eigenvalue weighted by Crippen LogP contribution is -2.20. The highest BCUT2D eigenvalue weighted by molar-refractivity contribution is 8.14. The highest BCUT2D eigenvalue weighted by Crippen LogP contribution is 2.33. The van der Waals surface area contributed by atoms with Crippen LogP contribution in [0.4, 0.5) is 13.2 Å². The largest absolute Gasteiger partial charge is 0.419 e. The molecule has 0 amide bonds. The summed E-state index contributed by atoms with van der Waals surface area (Å²) in [6.07, 6.45) is -4.03. The van der Waals surface area contributed by atoms with Gasteiger partial charge in [0.2, 0.25) is 9.05 Å². The van der Waals surface area contributed by atoms with Crippen molar-refractivity contribution in [1.29, 1.82) is 0 Å². The van der Waals surface area contributed by atoms with Crippen LogP contribution in [0.3, 0.4) is 0 Å². The zero-order chi connectivity index (χ0) is 14.9. The molecule has 0 aliphatic rings. The van der Waals surface area contributed by atoms with E-state index in [1.165, 1.54) is 0 Å². The first kappa shape index (κ1) is 16.2. The molecule has 1 aromatic heterocycles. The molecule has 0 saturated carbocycles. The van der Waals surface area contributed by atoms with Gasteiger partial charge in [0.15, 0.2) is 14.9 Å². The monoisotopic (exact) mass is 337 g/mol. The molecule has 0 saturated heterocycles. The molecule has 11 heteroatoms. The summed E-state index contributed by atoms with van der Waals surface area (Å²) in [6.45, 7) is 0. The molecule has 0 atom stereocenters. The van der Waals surface area contributed by atoms with E-state index >= 15 is 0 Å². The topological polar surface area (TPSA) is 81.2 Å². The van der Waals surface area contributed by atoms with Crippen LogP contribution in [-0.2, 0) is 25.1 Å². The SMILES string of the molecule is O=S(=O)(Cl)CCS(=O)(=O)c1ncccc1C(F)(F)F. The predicted molar refractivity (Wildman–Crippen MR) is 60.9 cm³/mol. The van der Waals surface area contributed by atoms with Gasteiger partial charge in [-0.05, 0) is 12.1 Å². The van der Waals surface area contributed by atoms with Crippen molar-refractivity contribution in [3.63, 3.8) is 0 Å². The molecule has 108 valence electrons. The molecular formula is C8H7ClF3NO4S2. The van der Waals surface area contributed by atoms with Gasteiger partial charge in [-0.25, -0.2) is 21.8 Å². The van der Waals surface area contributed by atoms with Crippen LogP contribution in [0.25, 0.3) is 0 Å². The molecule has 0 fully saturated rings. The summed E-state index contributed by atoms with van der Waals surface area (Å²) < 4.78 is 82.4. The summed E-state index contributed by atoms with van der Waals surface area (Å²) >= 11 is 0. The molecule has 0 bridgehead atoms. The zero-order valence-electron chi connectivity index (χ0n) is 9.05. The summed E-state index contributed by atoms with van der Waals surface area (Å²) in [5, 5.41) is -1.21. The Morgan fingerprint density at radius 2 is 1.74 bits per heavy atom. The van der Waals surface area contributed by atoms with Crippen LogP contribution in [0, 0.1) is 0 Å². The standard InChI is InChI=1S/C8H7ClF3NO4S2/c9-19(16,17)5-4-18(14,15)7-6(8(10,11)12)2-1-3-13-7/h1-3H,4-5H2. The number of rotatable bonds is 4. The maximum Gasteiger partial charge on any atom is 0.419 e. The van der Waals surface area contributed by atoms with E-state index in [1.807, 2.05) is 0 Å². The van der Waals surface area contributed by atoms with Gasteiger partial charge in [-0.1, -0.05) is 0 Å². The van der Waals surface area contributed by atoms with Crippen LogP contribution in [0.15, 0.2) is 23.4 Å². The Morgan fingerprint density at radius 1 is 1.16 bits per heavy atom. The van der Waals surface area contributed by atoms with E-state index < -0.39 is 47.2 Å². The Balaban J connectivity index is 3.23. The normalized spacial score (nSPS) is 13.5. The van der Waals surface area contributed by atoms with Crippen molar-refractivity contribution < 1.29 is 30.0 Å². The third-order valence-electron chi connectivity index (χ3n) is 1.97. The van der Waals surface area contributed by atoms with Gasteiger partial charge in [-0.2, -0.15) is 13.2 Å². The Kier molecular flexibility index (Phi) is 4.47. The fourth-order valence-electron chi connectivity index (χ4n) is 1.16. The van der Waals surface area contributed by atoms with Crippen LogP contribution in [0.5, 0.6) is 0 Å². The van der Waals surface area contributed by atoms with Crippen molar-refractivity contribution in [2.75, 3.05) is 11.5 Å². The van der Waals surface area contributed by atoms with Crippen LogP contribution < -0.4 is 0 Å². The molecule has 0 aliphatic heterocycles. The second kappa shape index (κ2) is 5.25. The fourth-order valence-corrected chi connectivity index (χ4v) is 4.33. The first-order valence-electron chi connectivity index (χ1n) is 4.61. The number of sulfone groups is 1. The second-order valence-electron chi connectivity index (χ2n) is 3.42. The van der Waals surface area contributed by atoms with Crippen LogP contribution in [0.1, 0.15) is 5.56 Å². The van der Waals surface area contributed by atoms with Crippen LogP contribution in [0.2, 0.25) is 0 Å². The number of aromatic nitrogens is 1. The molecule has 19 heavy (non-hydrogen) atoms. The minimum absolute atomic E-state index is 0.551. The summed E-state index contributed by atoms with van der Waals surface area (Å²) in [5.74, 6) is -2.07. The van der Waals surface area contributed by atoms with E-state index in [9.17, 15) is 30.0 Å². The molecular weight excluding hydrogens is 331 g/mol.